The Hall–Kier alpha value is -2.51. The highest BCUT2D eigenvalue weighted by Crippen LogP contribution is 2.28. The first-order valence-electron chi connectivity index (χ1n) is 7.91. The van der Waals surface area contributed by atoms with E-state index in [9.17, 15) is 4.79 Å². The van der Waals surface area contributed by atoms with Crippen molar-refractivity contribution in [3.05, 3.63) is 54.0 Å². The number of nitrogens with one attached hydrogen (secondary N) is 3. The summed E-state index contributed by atoms with van der Waals surface area (Å²) in [5, 5.41) is 14.9. The number of anilines is 1. The van der Waals surface area contributed by atoms with Gasteiger partial charge in [0.15, 0.2) is 5.69 Å². The highest BCUT2D eigenvalue weighted by Gasteiger charge is 2.20. The van der Waals surface area contributed by atoms with E-state index < -0.39 is 0 Å². The second-order valence-corrected chi connectivity index (χ2v) is 6.74. The number of carbonyl (C=O) groups is 1. The van der Waals surface area contributed by atoms with Crippen molar-refractivity contribution in [1.82, 2.24) is 20.5 Å². The number of benzene rings is 1. The summed E-state index contributed by atoms with van der Waals surface area (Å²) >= 11 is 1.45. The highest BCUT2D eigenvalue weighted by atomic mass is 32.1. The van der Waals surface area contributed by atoms with Gasteiger partial charge < -0.3 is 10.6 Å². The molecule has 3 aromatic rings. The monoisotopic (exact) mass is 339 g/mol. The van der Waals surface area contributed by atoms with Crippen LogP contribution < -0.4 is 10.6 Å². The zero-order chi connectivity index (χ0) is 16.4. The van der Waals surface area contributed by atoms with Gasteiger partial charge in [-0.2, -0.15) is 5.10 Å². The lowest BCUT2D eigenvalue weighted by atomic mass is 10.1. The number of thiazole rings is 1. The Morgan fingerprint density at radius 2 is 2.17 bits per heavy atom. The minimum Gasteiger partial charge on any atom is -0.311 e. The average molecular weight is 339 g/mol. The standard InChI is InChI=1S/C17H17N5OS/c23-16(14-9-13(21-22-14)12-7-4-8-18-12)20-15-10-19-17(24-15)11-5-2-1-3-6-11/h1-3,5-6,9-10,12,18H,4,7-8H2,(H,20,23)(H,21,22). The number of hydrogen-bond donors (Lipinski definition) is 3. The molecule has 7 heteroatoms. The van der Waals surface area contributed by atoms with E-state index in [0.29, 0.717) is 10.7 Å². The van der Waals surface area contributed by atoms with E-state index in [1.165, 1.54) is 11.3 Å². The predicted molar refractivity (Wildman–Crippen MR) is 94.1 cm³/mol. The quantitative estimate of drug-likeness (QED) is 0.681. The summed E-state index contributed by atoms with van der Waals surface area (Å²) in [5.41, 5.74) is 2.40. The van der Waals surface area contributed by atoms with E-state index in [4.69, 9.17) is 0 Å². The molecule has 1 unspecified atom stereocenters. The number of H-pyrrole nitrogens is 1. The first-order chi connectivity index (χ1) is 11.8. The van der Waals surface area contributed by atoms with E-state index in [-0.39, 0.29) is 11.9 Å². The minimum absolute atomic E-state index is 0.223. The molecule has 3 N–H and O–H groups in total. The predicted octanol–water partition coefficient (Wildman–Crippen LogP) is 3.21. The Morgan fingerprint density at radius 1 is 1.29 bits per heavy atom. The fourth-order valence-corrected chi connectivity index (χ4v) is 3.62. The van der Waals surface area contributed by atoms with Crippen LogP contribution >= 0.6 is 11.3 Å². The van der Waals surface area contributed by atoms with E-state index in [2.05, 4.69) is 25.8 Å². The van der Waals surface area contributed by atoms with Crippen LogP contribution in [0, 0.1) is 0 Å². The third kappa shape index (κ3) is 3.08. The summed E-state index contributed by atoms with van der Waals surface area (Å²) in [6.07, 6.45) is 3.89. The molecule has 122 valence electrons. The van der Waals surface area contributed by atoms with Crippen LogP contribution in [-0.4, -0.2) is 27.6 Å². The van der Waals surface area contributed by atoms with Crippen molar-refractivity contribution in [2.45, 2.75) is 18.9 Å². The van der Waals surface area contributed by atoms with Crippen LogP contribution in [0.5, 0.6) is 0 Å². The van der Waals surface area contributed by atoms with Crippen molar-refractivity contribution >= 4 is 22.2 Å². The second-order valence-electron chi connectivity index (χ2n) is 5.71. The molecule has 6 nitrogen and oxygen atoms in total. The van der Waals surface area contributed by atoms with Crippen LogP contribution in [0.3, 0.4) is 0 Å². The molecule has 0 radical (unpaired) electrons. The Balaban J connectivity index is 1.45. The van der Waals surface area contributed by atoms with Crippen LogP contribution in [0.15, 0.2) is 42.6 Å². The summed E-state index contributed by atoms with van der Waals surface area (Å²) in [7, 11) is 0. The van der Waals surface area contributed by atoms with Crippen molar-refractivity contribution in [3.63, 3.8) is 0 Å². The molecular weight excluding hydrogens is 322 g/mol. The maximum Gasteiger partial charge on any atom is 0.276 e. The highest BCUT2D eigenvalue weighted by molar-refractivity contribution is 7.19. The van der Waals surface area contributed by atoms with Crippen LogP contribution in [0.25, 0.3) is 10.6 Å². The molecule has 1 saturated heterocycles. The van der Waals surface area contributed by atoms with Gasteiger partial charge in [-0.15, -0.1) is 0 Å². The second kappa shape index (κ2) is 6.54. The number of amides is 1. The lowest BCUT2D eigenvalue weighted by molar-refractivity contribution is 0.102. The molecule has 2 aromatic heterocycles. The third-order valence-electron chi connectivity index (χ3n) is 4.03. The number of nitrogens with zero attached hydrogens (tertiary/aromatic N) is 2. The first kappa shape index (κ1) is 15.0. The van der Waals surface area contributed by atoms with Gasteiger partial charge in [-0.3, -0.25) is 9.89 Å². The molecule has 1 aliphatic rings. The number of rotatable bonds is 4. The molecule has 0 bridgehead atoms. The topological polar surface area (TPSA) is 82.7 Å². The lowest BCUT2D eigenvalue weighted by Gasteiger charge is -2.05. The van der Waals surface area contributed by atoms with E-state index in [0.717, 1.165) is 35.7 Å². The average Bonchev–Trinajstić information content (AvgIpc) is 3.36. The normalized spacial score (nSPS) is 17.1. The van der Waals surface area contributed by atoms with Crippen molar-refractivity contribution in [2.24, 2.45) is 0 Å². The number of aromatic nitrogens is 3. The summed E-state index contributed by atoms with van der Waals surface area (Å²) in [6.45, 7) is 1.01. The molecule has 0 aliphatic carbocycles. The molecule has 0 saturated carbocycles. The van der Waals surface area contributed by atoms with Gasteiger partial charge in [0.1, 0.15) is 10.0 Å². The molecular formula is C17H17N5OS. The molecule has 1 amide bonds. The van der Waals surface area contributed by atoms with Crippen LogP contribution in [-0.2, 0) is 0 Å². The Bertz CT molecular complexity index is 836. The summed E-state index contributed by atoms with van der Waals surface area (Å²) < 4.78 is 0. The Kier molecular flexibility index (Phi) is 4.10. The molecule has 4 rings (SSSR count). The third-order valence-corrected chi connectivity index (χ3v) is 4.99. The smallest absolute Gasteiger partial charge is 0.276 e. The Labute approximate surface area is 143 Å². The lowest BCUT2D eigenvalue weighted by Crippen LogP contribution is -2.13. The SMILES string of the molecule is O=C(Nc1cnc(-c2ccccc2)s1)c1cc(C2CCCN2)[nH]n1. The van der Waals surface area contributed by atoms with Crippen LogP contribution in [0.1, 0.15) is 35.1 Å². The van der Waals surface area contributed by atoms with E-state index in [1.54, 1.807) is 6.20 Å². The molecule has 1 fully saturated rings. The van der Waals surface area contributed by atoms with Crippen molar-refractivity contribution in [2.75, 3.05) is 11.9 Å². The van der Waals surface area contributed by atoms with Crippen molar-refractivity contribution < 1.29 is 4.79 Å². The van der Waals surface area contributed by atoms with Gasteiger partial charge >= 0.3 is 0 Å². The Morgan fingerprint density at radius 3 is 2.96 bits per heavy atom. The van der Waals surface area contributed by atoms with Gasteiger partial charge in [0.2, 0.25) is 0 Å². The molecule has 1 aromatic carbocycles. The summed E-state index contributed by atoms with van der Waals surface area (Å²) in [6, 6.07) is 12.0. The molecule has 1 aliphatic heterocycles. The summed E-state index contributed by atoms with van der Waals surface area (Å²) in [5.74, 6) is -0.223. The summed E-state index contributed by atoms with van der Waals surface area (Å²) in [4.78, 5) is 16.7. The van der Waals surface area contributed by atoms with Crippen molar-refractivity contribution in [3.8, 4) is 10.6 Å². The van der Waals surface area contributed by atoms with Gasteiger partial charge in [-0.25, -0.2) is 4.98 Å². The van der Waals surface area contributed by atoms with E-state index in [1.807, 2.05) is 36.4 Å². The number of carbonyl (C=O) groups excluding carboxylic acids is 1. The first-order valence-corrected chi connectivity index (χ1v) is 8.72. The number of hydrogen-bond acceptors (Lipinski definition) is 5. The zero-order valence-electron chi connectivity index (χ0n) is 13.0. The zero-order valence-corrected chi connectivity index (χ0v) is 13.8. The van der Waals surface area contributed by atoms with Crippen LogP contribution in [0.2, 0.25) is 0 Å². The fourth-order valence-electron chi connectivity index (χ4n) is 2.80. The minimum atomic E-state index is -0.223. The fraction of sp³-hybridized carbons (Fsp3) is 0.235. The van der Waals surface area contributed by atoms with Gasteiger partial charge in [0.05, 0.1) is 11.9 Å². The maximum atomic E-state index is 12.4. The molecule has 24 heavy (non-hydrogen) atoms. The molecule has 0 spiro atoms. The van der Waals surface area contributed by atoms with Gasteiger partial charge in [0, 0.05) is 11.6 Å². The van der Waals surface area contributed by atoms with E-state index >= 15 is 0 Å². The van der Waals surface area contributed by atoms with Crippen molar-refractivity contribution in [1.29, 1.82) is 0 Å². The number of aromatic amines is 1. The molecule has 1 atom stereocenters. The van der Waals surface area contributed by atoms with Gasteiger partial charge in [-0.05, 0) is 25.5 Å². The molecule has 3 heterocycles. The largest absolute Gasteiger partial charge is 0.311 e. The van der Waals surface area contributed by atoms with Gasteiger partial charge in [0.25, 0.3) is 5.91 Å². The van der Waals surface area contributed by atoms with Crippen LogP contribution in [0.4, 0.5) is 5.00 Å². The maximum absolute atomic E-state index is 12.4. The van der Waals surface area contributed by atoms with Gasteiger partial charge in [-0.1, -0.05) is 41.7 Å².